The van der Waals surface area contributed by atoms with E-state index in [-0.39, 0.29) is 5.04 Å². The van der Waals surface area contributed by atoms with Crippen molar-refractivity contribution in [3.05, 3.63) is 11.6 Å². The van der Waals surface area contributed by atoms with Gasteiger partial charge in [0.2, 0.25) is 0 Å². The lowest BCUT2D eigenvalue weighted by molar-refractivity contribution is -0.102. The highest BCUT2D eigenvalue weighted by molar-refractivity contribution is 8.40. The first-order valence-corrected chi connectivity index (χ1v) is 3.75. The summed E-state index contributed by atoms with van der Waals surface area (Å²) in [6, 6.07) is 0. The fraction of sp³-hybridized carbons (Fsp3) is 0. The molecular formula is C4H5NO3S. The van der Waals surface area contributed by atoms with Crippen LogP contribution in [0.1, 0.15) is 0 Å². The highest BCUT2D eigenvalue weighted by Crippen LogP contribution is 2.44. The molecule has 0 aromatic rings. The molecule has 0 spiro atoms. The Bertz CT molecular complexity index is 196. The molecule has 0 radical (unpaired) electrons. The van der Waals surface area contributed by atoms with Crippen molar-refractivity contribution in [2.24, 2.45) is 4.99 Å². The van der Waals surface area contributed by atoms with Crippen LogP contribution in [0.25, 0.3) is 0 Å². The predicted molar refractivity (Wildman–Crippen MR) is 35.5 cm³/mol. The summed E-state index contributed by atoms with van der Waals surface area (Å²) >= 11 is 0. The topological polar surface area (TPSA) is 69.9 Å². The van der Waals surface area contributed by atoms with Crippen LogP contribution in [0, 0.1) is 0 Å². The highest BCUT2D eigenvalue weighted by Gasteiger charge is 2.19. The number of carbonyl (C=O) groups excluding carboxylic acids is 1. The molecule has 0 fully saturated rings. The van der Waals surface area contributed by atoms with E-state index in [0.717, 1.165) is 5.41 Å². The molecule has 9 heavy (non-hydrogen) atoms. The molecule has 50 valence electrons. The normalized spacial score (nSPS) is 25.3. The monoisotopic (exact) mass is 147 g/mol. The number of hydrogen-bond donors (Lipinski definition) is 2. The van der Waals surface area contributed by atoms with E-state index < -0.39 is 10.6 Å². The summed E-state index contributed by atoms with van der Waals surface area (Å²) in [6.45, 7) is 0. The lowest BCUT2D eigenvalue weighted by atomic mass is 10.8. The van der Waals surface area contributed by atoms with Crippen molar-refractivity contribution >= 4 is 21.9 Å². The maximum Gasteiger partial charge on any atom is 0.191 e. The molecular weight excluding hydrogens is 142 g/mol. The van der Waals surface area contributed by atoms with Gasteiger partial charge in [-0.25, -0.2) is 4.99 Å². The van der Waals surface area contributed by atoms with Gasteiger partial charge in [0.25, 0.3) is 0 Å². The van der Waals surface area contributed by atoms with Crippen molar-refractivity contribution in [3.8, 4) is 0 Å². The molecule has 2 N–H and O–H groups in total. The van der Waals surface area contributed by atoms with Gasteiger partial charge in [-0.3, -0.25) is 13.9 Å². The molecule has 0 unspecified atom stereocenters. The Morgan fingerprint density at radius 3 is 2.56 bits per heavy atom. The van der Waals surface area contributed by atoms with Gasteiger partial charge in [0.15, 0.2) is 11.3 Å². The van der Waals surface area contributed by atoms with Crippen molar-refractivity contribution in [3.63, 3.8) is 0 Å². The van der Waals surface area contributed by atoms with Crippen LogP contribution in [-0.2, 0) is 4.79 Å². The Kier molecular flexibility index (Phi) is 1.40. The Hall–Kier alpha value is -0.650. The first kappa shape index (κ1) is 6.47. The number of aliphatic imine (C=N–C) groups is 1. The van der Waals surface area contributed by atoms with E-state index in [2.05, 4.69) is 4.99 Å². The molecule has 0 bridgehead atoms. The van der Waals surface area contributed by atoms with Crippen LogP contribution in [0.2, 0.25) is 0 Å². The smallest absolute Gasteiger partial charge is 0.191 e. The SMILES string of the molecule is O=CC1=NC=CS1(O)O. The van der Waals surface area contributed by atoms with Gasteiger partial charge in [0, 0.05) is 11.6 Å². The fourth-order valence-corrected chi connectivity index (χ4v) is 1.16. The number of aldehydes is 1. The minimum atomic E-state index is -2.94. The van der Waals surface area contributed by atoms with Crippen LogP contribution >= 0.6 is 10.6 Å². The van der Waals surface area contributed by atoms with Gasteiger partial charge in [-0.15, -0.1) is 10.6 Å². The first-order chi connectivity index (χ1) is 4.17. The molecule has 1 heterocycles. The second-order valence-electron chi connectivity index (χ2n) is 1.46. The van der Waals surface area contributed by atoms with Crippen molar-refractivity contribution < 1.29 is 13.9 Å². The quantitative estimate of drug-likeness (QED) is 0.539. The average molecular weight is 147 g/mol. The van der Waals surface area contributed by atoms with Gasteiger partial charge in [-0.1, -0.05) is 0 Å². The van der Waals surface area contributed by atoms with Crippen LogP contribution in [0.5, 0.6) is 0 Å². The summed E-state index contributed by atoms with van der Waals surface area (Å²) in [5.74, 6) is 0. The van der Waals surface area contributed by atoms with Crippen LogP contribution in [-0.4, -0.2) is 20.4 Å². The van der Waals surface area contributed by atoms with E-state index in [1.54, 1.807) is 0 Å². The largest absolute Gasteiger partial charge is 0.295 e. The van der Waals surface area contributed by atoms with E-state index in [1.807, 2.05) is 0 Å². The lowest BCUT2D eigenvalue weighted by Gasteiger charge is -2.21. The number of hydrogen-bond acceptors (Lipinski definition) is 4. The van der Waals surface area contributed by atoms with Crippen LogP contribution in [0.15, 0.2) is 16.6 Å². The molecule has 0 aromatic heterocycles. The average Bonchev–Trinajstić information content (AvgIpc) is 2.08. The predicted octanol–water partition coefficient (Wildman–Crippen LogP) is 0.819. The Labute approximate surface area is 53.3 Å². The molecule has 1 aliphatic heterocycles. The summed E-state index contributed by atoms with van der Waals surface area (Å²) in [4.78, 5) is 13.4. The second-order valence-corrected chi connectivity index (χ2v) is 3.34. The van der Waals surface area contributed by atoms with E-state index in [9.17, 15) is 4.79 Å². The molecule has 0 amide bonds. The van der Waals surface area contributed by atoms with Crippen LogP contribution < -0.4 is 0 Å². The molecule has 1 aliphatic rings. The zero-order chi connectivity index (χ0) is 6.91. The first-order valence-electron chi connectivity index (χ1n) is 2.14. The molecule has 0 saturated carbocycles. The van der Waals surface area contributed by atoms with Crippen molar-refractivity contribution in [1.82, 2.24) is 0 Å². The van der Waals surface area contributed by atoms with Gasteiger partial charge in [0.05, 0.1) is 0 Å². The summed E-state index contributed by atoms with van der Waals surface area (Å²) in [5, 5.41) is 0.916. The molecule has 0 aliphatic carbocycles. The molecule has 5 heteroatoms. The number of nitrogens with zero attached hydrogens (tertiary/aromatic N) is 1. The second kappa shape index (κ2) is 1.94. The van der Waals surface area contributed by atoms with Crippen molar-refractivity contribution in [2.45, 2.75) is 0 Å². The Morgan fingerprint density at radius 1 is 1.67 bits per heavy atom. The van der Waals surface area contributed by atoms with Crippen molar-refractivity contribution in [2.75, 3.05) is 0 Å². The standard InChI is InChI=1S/C4H5NO3S/c6-3-4-5-1-2-9(4,7)8/h1-3,7-8H. The molecule has 0 aromatic carbocycles. The van der Waals surface area contributed by atoms with Crippen LogP contribution in [0.4, 0.5) is 0 Å². The molecule has 0 saturated heterocycles. The Balaban J connectivity index is 2.91. The third kappa shape index (κ3) is 1.02. The highest BCUT2D eigenvalue weighted by atomic mass is 32.3. The fourth-order valence-electron chi connectivity index (χ4n) is 0.437. The summed E-state index contributed by atoms with van der Waals surface area (Å²) in [5.41, 5.74) is 0. The summed E-state index contributed by atoms with van der Waals surface area (Å²) in [6.07, 6.45) is 1.55. The van der Waals surface area contributed by atoms with Crippen LogP contribution in [0.3, 0.4) is 0 Å². The van der Waals surface area contributed by atoms with Crippen molar-refractivity contribution in [1.29, 1.82) is 0 Å². The van der Waals surface area contributed by atoms with E-state index in [1.165, 1.54) is 6.20 Å². The summed E-state index contributed by atoms with van der Waals surface area (Å²) in [7, 11) is -2.94. The van der Waals surface area contributed by atoms with Gasteiger partial charge < -0.3 is 0 Å². The molecule has 4 nitrogen and oxygen atoms in total. The number of carbonyl (C=O) groups is 1. The third-order valence-electron chi connectivity index (χ3n) is 0.861. The van der Waals surface area contributed by atoms with Gasteiger partial charge in [0.1, 0.15) is 0 Å². The van der Waals surface area contributed by atoms with Gasteiger partial charge in [-0.2, -0.15) is 0 Å². The van der Waals surface area contributed by atoms with Gasteiger partial charge >= 0.3 is 0 Å². The third-order valence-corrected chi connectivity index (χ3v) is 2.18. The zero-order valence-electron chi connectivity index (χ0n) is 4.39. The molecule has 0 atom stereocenters. The van der Waals surface area contributed by atoms with Gasteiger partial charge in [-0.05, 0) is 0 Å². The van der Waals surface area contributed by atoms with E-state index in [4.69, 9.17) is 9.11 Å². The zero-order valence-corrected chi connectivity index (χ0v) is 5.21. The molecule has 1 rings (SSSR count). The summed E-state index contributed by atoms with van der Waals surface area (Å²) < 4.78 is 17.7. The van der Waals surface area contributed by atoms with E-state index in [0.29, 0.717) is 6.29 Å². The maximum absolute atomic E-state index is 9.95. The minimum absolute atomic E-state index is 0.192. The lowest BCUT2D eigenvalue weighted by Crippen LogP contribution is -2.05. The number of rotatable bonds is 1. The van der Waals surface area contributed by atoms with E-state index >= 15 is 0 Å². The maximum atomic E-state index is 9.95. The minimum Gasteiger partial charge on any atom is -0.295 e. The Morgan fingerprint density at radius 2 is 2.33 bits per heavy atom.